The highest BCUT2D eigenvalue weighted by Gasteiger charge is 2.11. The molecule has 0 amide bonds. The zero-order valence-electron chi connectivity index (χ0n) is 10.7. The molecule has 0 aliphatic heterocycles. The molecule has 0 spiro atoms. The first-order valence-electron chi connectivity index (χ1n) is 6.49. The summed E-state index contributed by atoms with van der Waals surface area (Å²) in [6.45, 7) is 0. The molecule has 3 heteroatoms. The molecule has 0 bridgehead atoms. The van der Waals surface area contributed by atoms with Gasteiger partial charge in [-0.3, -0.25) is 0 Å². The fraction of sp³-hybridized carbons (Fsp3) is 0. The van der Waals surface area contributed by atoms with Gasteiger partial charge >= 0.3 is 0 Å². The maximum atomic E-state index is 4.54. The van der Waals surface area contributed by atoms with Crippen LogP contribution in [0.15, 0.2) is 72.2 Å². The molecule has 0 aliphatic carbocycles. The van der Waals surface area contributed by atoms with E-state index < -0.39 is 0 Å². The molecule has 4 rings (SSSR count). The van der Waals surface area contributed by atoms with Gasteiger partial charge in [0.2, 0.25) is 0 Å². The summed E-state index contributed by atoms with van der Waals surface area (Å²) >= 11 is 1.77. The van der Waals surface area contributed by atoms with Crippen LogP contribution in [0.4, 0.5) is 0 Å². The Labute approximate surface area is 120 Å². The highest BCUT2D eigenvalue weighted by Crippen LogP contribution is 2.35. The summed E-state index contributed by atoms with van der Waals surface area (Å²) in [5.74, 6) is 0. The Balaban J connectivity index is 1.91. The molecule has 4 aromatic rings. The third-order valence-corrected chi connectivity index (χ3v) is 4.41. The molecule has 2 nitrogen and oxygen atoms in total. The first kappa shape index (κ1) is 11.4. The van der Waals surface area contributed by atoms with Crippen molar-refractivity contribution in [2.24, 2.45) is 0 Å². The molecule has 0 aliphatic rings. The fourth-order valence-corrected chi connectivity index (χ4v) is 3.43. The summed E-state index contributed by atoms with van der Waals surface area (Å²) in [6.07, 6.45) is 1.96. The quantitative estimate of drug-likeness (QED) is 0.516. The van der Waals surface area contributed by atoms with Crippen LogP contribution >= 0.6 is 11.3 Å². The molecular formula is C17H12N2S. The van der Waals surface area contributed by atoms with Crippen LogP contribution in [0.1, 0.15) is 0 Å². The Hall–Kier alpha value is -2.39. The van der Waals surface area contributed by atoms with Crippen LogP contribution in [0.3, 0.4) is 0 Å². The largest absolute Gasteiger partial charge is 0.232 e. The number of fused-ring (bicyclic) bond motifs is 1. The summed E-state index contributed by atoms with van der Waals surface area (Å²) in [4.78, 5) is 1.28. The number of aromatic nitrogens is 2. The molecule has 0 unspecified atom stereocenters. The third kappa shape index (κ3) is 1.75. The van der Waals surface area contributed by atoms with Gasteiger partial charge in [0.1, 0.15) is 0 Å². The molecule has 0 N–H and O–H groups in total. The van der Waals surface area contributed by atoms with Crippen LogP contribution in [0.2, 0.25) is 0 Å². The predicted molar refractivity (Wildman–Crippen MR) is 84.4 cm³/mol. The molecular weight excluding hydrogens is 264 g/mol. The molecule has 0 saturated heterocycles. The first-order chi connectivity index (χ1) is 9.93. The lowest BCUT2D eigenvalue weighted by Gasteiger charge is -2.00. The second kappa shape index (κ2) is 4.62. The van der Waals surface area contributed by atoms with E-state index in [4.69, 9.17) is 0 Å². The Bertz CT molecular complexity index is 771. The van der Waals surface area contributed by atoms with E-state index in [0.717, 1.165) is 5.69 Å². The monoisotopic (exact) mass is 276 g/mol. The zero-order chi connectivity index (χ0) is 13.4. The summed E-state index contributed by atoms with van der Waals surface area (Å²) in [6, 6.07) is 20.7. The van der Waals surface area contributed by atoms with Crippen molar-refractivity contribution in [1.82, 2.24) is 9.78 Å². The van der Waals surface area contributed by atoms with Gasteiger partial charge in [-0.1, -0.05) is 48.5 Å². The maximum Gasteiger partial charge on any atom is 0.0854 e. The lowest BCUT2D eigenvalue weighted by molar-refractivity contribution is 0.911. The predicted octanol–water partition coefficient (Wildman–Crippen LogP) is 4.75. The number of nitrogens with zero attached hydrogens (tertiary/aromatic N) is 2. The van der Waals surface area contributed by atoms with Crippen LogP contribution in [0, 0.1) is 0 Å². The number of para-hydroxylation sites is 1. The molecule has 2 aromatic heterocycles. The lowest BCUT2D eigenvalue weighted by Crippen LogP contribution is -1.93. The van der Waals surface area contributed by atoms with Crippen LogP contribution in [0.25, 0.3) is 27.0 Å². The second-order valence-corrected chi connectivity index (χ2v) is 5.50. The standard InChI is InChI=1S/C17H12N2S/c1-3-7-13(8-4-1)17-15-11-18-19(16(15)12-20-17)14-9-5-2-6-10-14/h1-12H. The van der Waals surface area contributed by atoms with E-state index in [9.17, 15) is 0 Å². The van der Waals surface area contributed by atoms with Gasteiger partial charge in [-0.2, -0.15) is 5.10 Å². The summed E-state index contributed by atoms with van der Waals surface area (Å²) < 4.78 is 2.00. The number of rotatable bonds is 2. The first-order valence-corrected chi connectivity index (χ1v) is 7.37. The molecule has 0 saturated carbocycles. The van der Waals surface area contributed by atoms with Crippen molar-refractivity contribution in [3.05, 3.63) is 72.2 Å². The Morgan fingerprint density at radius 1 is 0.850 bits per heavy atom. The topological polar surface area (TPSA) is 17.8 Å². The zero-order valence-corrected chi connectivity index (χ0v) is 11.5. The van der Waals surface area contributed by atoms with Crippen molar-refractivity contribution in [1.29, 1.82) is 0 Å². The van der Waals surface area contributed by atoms with Crippen molar-refractivity contribution < 1.29 is 0 Å². The van der Waals surface area contributed by atoms with Gasteiger partial charge in [-0.05, 0) is 17.7 Å². The van der Waals surface area contributed by atoms with Crippen LogP contribution in [-0.4, -0.2) is 9.78 Å². The van der Waals surface area contributed by atoms with E-state index in [0.29, 0.717) is 0 Å². The molecule has 96 valence electrons. The second-order valence-electron chi connectivity index (χ2n) is 4.62. The highest BCUT2D eigenvalue weighted by molar-refractivity contribution is 7.15. The number of thiophene rings is 1. The number of benzene rings is 2. The minimum Gasteiger partial charge on any atom is -0.232 e. The molecule has 0 fully saturated rings. The Kier molecular flexibility index (Phi) is 2.64. The van der Waals surface area contributed by atoms with E-state index in [2.05, 4.69) is 46.9 Å². The van der Waals surface area contributed by atoms with E-state index in [1.165, 1.54) is 21.3 Å². The molecule has 2 heterocycles. The molecule has 2 aromatic carbocycles. The van der Waals surface area contributed by atoms with E-state index in [-0.39, 0.29) is 0 Å². The van der Waals surface area contributed by atoms with Gasteiger partial charge in [-0.15, -0.1) is 11.3 Å². The minimum atomic E-state index is 1.10. The van der Waals surface area contributed by atoms with Gasteiger partial charge in [0.15, 0.2) is 0 Å². The molecule has 0 radical (unpaired) electrons. The van der Waals surface area contributed by atoms with Crippen LogP contribution in [-0.2, 0) is 0 Å². The average Bonchev–Trinajstić information content (AvgIpc) is 3.10. The van der Waals surface area contributed by atoms with Crippen molar-refractivity contribution in [2.75, 3.05) is 0 Å². The Morgan fingerprint density at radius 3 is 2.30 bits per heavy atom. The van der Waals surface area contributed by atoms with Crippen molar-refractivity contribution in [3.8, 4) is 16.1 Å². The maximum absolute atomic E-state index is 4.54. The number of hydrogen-bond acceptors (Lipinski definition) is 2. The minimum absolute atomic E-state index is 1.10. The van der Waals surface area contributed by atoms with Gasteiger partial charge in [0.25, 0.3) is 0 Å². The van der Waals surface area contributed by atoms with Gasteiger partial charge in [0.05, 0.1) is 17.4 Å². The average molecular weight is 276 g/mol. The van der Waals surface area contributed by atoms with Crippen LogP contribution < -0.4 is 0 Å². The van der Waals surface area contributed by atoms with E-state index in [1.807, 2.05) is 35.1 Å². The van der Waals surface area contributed by atoms with Gasteiger partial charge < -0.3 is 0 Å². The number of hydrogen-bond donors (Lipinski definition) is 0. The summed E-state index contributed by atoms with van der Waals surface area (Å²) in [7, 11) is 0. The highest BCUT2D eigenvalue weighted by atomic mass is 32.1. The van der Waals surface area contributed by atoms with Crippen LogP contribution in [0.5, 0.6) is 0 Å². The van der Waals surface area contributed by atoms with Gasteiger partial charge in [-0.25, -0.2) is 4.68 Å². The SMILES string of the molecule is c1ccc(-c2scc3c2cnn3-c2ccccc2)cc1. The molecule has 20 heavy (non-hydrogen) atoms. The smallest absolute Gasteiger partial charge is 0.0854 e. The summed E-state index contributed by atoms with van der Waals surface area (Å²) in [5, 5.41) is 7.93. The Morgan fingerprint density at radius 2 is 1.55 bits per heavy atom. The van der Waals surface area contributed by atoms with E-state index >= 15 is 0 Å². The van der Waals surface area contributed by atoms with Gasteiger partial charge in [0, 0.05) is 15.6 Å². The molecule has 0 atom stereocenters. The van der Waals surface area contributed by atoms with Crippen molar-refractivity contribution >= 4 is 22.2 Å². The van der Waals surface area contributed by atoms with Crippen molar-refractivity contribution in [3.63, 3.8) is 0 Å². The fourth-order valence-electron chi connectivity index (χ4n) is 2.41. The van der Waals surface area contributed by atoms with E-state index in [1.54, 1.807) is 11.3 Å². The lowest BCUT2D eigenvalue weighted by atomic mass is 10.1. The summed E-state index contributed by atoms with van der Waals surface area (Å²) in [5.41, 5.74) is 3.51. The van der Waals surface area contributed by atoms with Crippen molar-refractivity contribution in [2.45, 2.75) is 0 Å². The normalized spacial score (nSPS) is 11.0. The third-order valence-electron chi connectivity index (χ3n) is 3.38.